The average molecular weight is 190 g/mol. The number of nitrogen functional groups attached to an aromatic ring is 1. The van der Waals surface area contributed by atoms with Crippen molar-refractivity contribution in [3.8, 4) is 0 Å². The van der Waals surface area contributed by atoms with Crippen LogP contribution in [0.4, 0.5) is 5.69 Å². The van der Waals surface area contributed by atoms with Crippen LogP contribution in [-0.2, 0) is 11.1 Å². The SMILES string of the molecule is C[B]Cc1c(N)cccc1C(=O)OC. The summed E-state index contributed by atoms with van der Waals surface area (Å²) in [5, 5.41) is 0. The number of hydrogen-bond acceptors (Lipinski definition) is 3. The van der Waals surface area contributed by atoms with Crippen LogP contribution in [0.25, 0.3) is 0 Å². The number of benzene rings is 1. The zero-order valence-corrected chi connectivity index (χ0v) is 8.41. The molecule has 0 fully saturated rings. The Morgan fingerprint density at radius 3 is 2.86 bits per heavy atom. The summed E-state index contributed by atoms with van der Waals surface area (Å²) in [6, 6.07) is 5.26. The normalized spacial score (nSPS) is 9.57. The Morgan fingerprint density at radius 1 is 1.57 bits per heavy atom. The summed E-state index contributed by atoms with van der Waals surface area (Å²) in [5.41, 5.74) is 7.78. The highest BCUT2D eigenvalue weighted by molar-refractivity contribution is 6.33. The van der Waals surface area contributed by atoms with Crippen LogP contribution in [0.5, 0.6) is 0 Å². The van der Waals surface area contributed by atoms with Gasteiger partial charge in [-0.25, -0.2) is 4.79 Å². The highest BCUT2D eigenvalue weighted by Gasteiger charge is 2.12. The molecule has 3 nitrogen and oxygen atoms in total. The quantitative estimate of drug-likeness (QED) is 0.444. The van der Waals surface area contributed by atoms with Gasteiger partial charge in [-0.05, 0) is 17.7 Å². The second kappa shape index (κ2) is 4.70. The maximum Gasteiger partial charge on any atom is 0.338 e. The molecule has 0 aliphatic rings. The smallest absolute Gasteiger partial charge is 0.338 e. The molecule has 0 unspecified atom stereocenters. The van der Waals surface area contributed by atoms with Crippen molar-refractivity contribution >= 4 is 18.9 Å². The van der Waals surface area contributed by atoms with Gasteiger partial charge in [-0.2, -0.15) is 0 Å². The lowest BCUT2D eigenvalue weighted by molar-refractivity contribution is 0.0600. The molecule has 4 heteroatoms. The number of nitrogens with two attached hydrogens (primary N) is 1. The van der Waals surface area contributed by atoms with E-state index in [1.807, 2.05) is 14.1 Å². The van der Waals surface area contributed by atoms with Crippen LogP contribution in [0.2, 0.25) is 6.82 Å². The van der Waals surface area contributed by atoms with E-state index in [9.17, 15) is 4.79 Å². The topological polar surface area (TPSA) is 52.3 Å². The van der Waals surface area contributed by atoms with Crippen molar-refractivity contribution in [2.24, 2.45) is 0 Å². The predicted molar refractivity (Wildman–Crippen MR) is 57.5 cm³/mol. The molecule has 0 atom stereocenters. The van der Waals surface area contributed by atoms with E-state index in [2.05, 4.69) is 4.74 Å². The number of anilines is 1. The lowest BCUT2D eigenvalue weighted by Gasteiger charge is -2.09. The van der Waals surface area contributed by atoms with Gasteiger partial charge in [-0.15, -0.1) is 0 Å². The Hall–Kier alpha value is -1.45. The third-order valence-electron chi connectivity index (χ3n) is 2.03. The fraction of sp³-hybridized carbons (Fsp3) is 0.300. The van der Waals surface area contributed by atoms with E-state index in [0.717, 1.165) is 5.56 Å². The highest BCUT2D eigenvalue weighted by Crippen LogP contribution is 2.18. The molecule has 0 heterocycles. The molecular formula is C10H13BNO2. The summed E-state index contributed by atoms with van der Waals surface area (Å²) in [6.45, 7) is 1.92. The predicted octanol–water partition coefficient (Wildman–Crippen LogP) is 1.31. The molecule has 0 spiro atoms. The van der Waals surface area contributed by atoms with Crippen molar-refractivity contribution in [1.29, 1.82) is 0 Å². The van der Waals surface area contributed by atoms with Gasteiger partial charge in [0.25, 0.3) is 0 Å². The van der Waals surface area contributed by atoms with Crippen molar-refractivity contribution in [3.05, 3.63) is 29.3 Å². The lowest BCUT2D eigenvalue weighted by Crippen LogP contribution is -2.09. The molecule has 0 amide bonds. The Kier molecular flexibility index (Phi) is 3.57. The van der Waals surface area contributed by atoms with Crippen molar-refractivity contribution < 1.29 is 9.53 Å². The molecule has 73 valence electrons. The second-order valence-electron chi connectivity index (χ2n) is 2.98. The number of carbonyl (C=O) groups excluding carboxylic acids is 1. The first-order valence-corrected chi connectivity index (χ1v) is 4.44. The summed E-state index contributed by atoms with van der Waals surface area (Å²) >= 11 is 0. The van der Waals surface area contributed by atoms with E-state index in [1.165, 1.54) is 7.11 Å². The first-order valence-electron chi connectivity index (χ1n) is 4.44. The maximum absolute atomic E-state index is 11.4. The lowest BCUT2D eigenvalue weighted by atomic mass is 9.73. The average Bonchev–Trinajstić information content (AvgIpc) is 2.20. The molecule has 0 aliphatic heterocycles. The van der Waals surface area contributed by atoms with E-state index in [-0.39, 0.29) is 5.97 Å². The molecule has 0 saturated heterocycles. The van der Waals surface area contributed by atoms with Crippen LogP contribution in [0.1, 0.15) is 15.9 Å². The Morgan fingerprint density at radius 2 is 2.29 bits per heavy atom. The van der Waals surface area contributed by atoms with Crippen molar-refractivity contribution in [1.82, 2.24) is 0 Å². The van der Waals surface area contributed by atoms with E-state index in [1.54, 1.807) is 18.2 Å². The molecule has 1 radical (unpaired) electrons. The summed E-state index contributed by atoms with van der Waals surface area (Å²) in [4.78, 5) is 11.4. The largest absolute Gasteiger partial charge is 0.465 e. The third kappa shape index (κ3) is 2.07. The Balaban J connectivity index is 3.13. The van der Waals surface area contributed by atoms with Crippen molar-refractivity contribution in [2.75, 3.05) is 12.8 Å². The van der Waals surface area contributed by atoms with Crippen LogP contribution >= 0.6 is 0 Å². The number of ether oxygens (including phenoxy) is 1. The van der Waals surface area contributed by atoms with Crippen molar-refractivity contribution in [2.45, 2.75) is 13.1 Å². The van der Waals surface area contributed by atoms with Gasteiger partial charge in [-0.1, -0.05) is 19.2 Å². The summed E-state index contributed by atoms with van der Waals surface area (Å²) < 4.78 is 4.67. The molecule has 0 aromatic heterocycles. The van der Waals surface area contributed by atoms with Crippen LogP contribution in [0.3, 0.4) is 0 Å². The van der Waals surface area contributed by atoms with E-state index in [0.29, 0.717) is 17.6 Å². The van der Waals surface area contributed by atoms with Crippen molar-refractivity contribution in [3.63, 3.8) is 0 Å². The highest BCUT2D eigenvalue weighted by atomic mass is 16.5. The minimum absolute atomic E-state index is 0.339. The second-order valence-corrected chi connectivity index (χ2v) is 2.98. The van der Waals surface area contributed by atoms with Gasteiger partial charge < -0.3 is 10.5 Å². The molecule has 0 bridgehead atoms. The molecule has 1 aromatic carbocycles. The monoisotopic (exact) mass is 190 g/mol. The first kappa shape index (κ1) is 10.6. The van der Waals surface area contributed by atoms with Crippen LogP contribution in [-0.4, -0.2) is 20.4 Å². The standard InChI is InChI=1S/C10H13BNO2/c1-11-6-8-7(10(13)14-2)4-3-5-9(8)12/h3-5H,6,12H2,1-2H3. The first-order chi connectivity index (χ1) is 6.70. The van der Waals surface area contributed by atoms with Crippen LogP contribution in [0, 0.1) is 0 Å². The van der Waals surface area contributed by atoms with Gasteiger partial charge in [-0.3, -0.25) is 0 Å². The number of carbonyl (C=O) groups is 1. The van der Waals surface area contributed by atoms with Gasteiger partial charge >= 0.3 is 5.97 Å². The van der Waals surface area contributed by atoms with Crippen LogP contribution < -0.4 is 5.73 Å². The van der Waals surface area contributed by atoms with Gasteiger partial charge in [0.15, 0.2) is 0 Å². The minimum atomic E-state index is -0.339. The van der Waals surface area contributed by atoms with E-state index >= 15 is 0 Å². The summed E-state index contributed by atoms with van der Waals surface area (Å²) in [7, 11) is 3.32. The van der Waals surface area contributed by atoms with Gasteiger partial charge in [0.2, 0.25) is 0 Å². The number of methoxy groups -OCH3 is 1. The zero-order valence-electron chi connectivity index (χ0n) is 8.41. The Bertz CT molecular complexity index is 339. The number of hydrogen-bond donors (Lipinski definition) is 1. The molecule has 0 saturated carbocycles. The zero-order chi connectivity index (χ0) is 10.6. The Labute approximate surface area is 84.5 Å². The molecule has 1 rings (SSSR count). The van der Waals surface area contributed by atoms with Crippen LogP contribution in [0.15, 0.2) is 18.2 Å². The minimum Gasteiger partial charge on any atom is -0.465 e. The third-order valence-corrected chi connectivity index (χ3v) is 2.03. The molecule has 14 heavy (non-hydrogen) atoms. The molecule has 2 N–H and O–H groups in total. The van der Waals surface area contributed by atoms with E-state index in [4.69, 9.17) is 5.73 Å². The fourth-order valence-electron chi connectivity index (χ4n) is 1.34. The maximum atomic E-state index is 11.4. The van der Waals surface area contributed by atoms with E-state index < -0.39 is 0 Å². The molecular weight excluding hydrogens is 177 g/mol. The van der Waals surface area contributed by atoms with Gasteiger partial charge in [0, 0.05) is 5.69 Å². The number of rotatable bonds is 3. The summed E-state index contributed by atoms with van der Waals surface area (Å²) in [5.74, 6) is -0.339. The molecule has 0 aliphatic carbocycles. The fourth-order valence-corrected chi connectivity index (χ4v) is 1.34. The molecule has 1 aromatic rings. The summed E-state index contributed by atoms with van der Waals surface area (Å²) in [6.07, 6.45) is 0.678. The van der Waals surface area contributed by atoms with Gasteiger partial charge in [0.05, 0.1) is 12.7 Å². The van der Waals surface area contributed by atoms with Gasteiger partial charge in [0.1, 0.15) is 7.28 Å². The number of esters is 1.